The van der Waals surface area contributed by atoms with E-state index in [0.717, 1.165) is 26.1 Å². The van der Waals surface area contributed by atoms with Gasteiger partial charge in [-0.05, 0) is 18.9 Å². The molecule has 1 atom stereocenters. The van der Waals surface area contributed by atoms with E-state index in [2.05, 4.69) is 51.6 Å². The number of anilines is 1. The predicted molar refractivity (Wildman–Crippen MR) is 77.5 cm³/mol. The first-order valence-corrected chi connectivity index (χ1v) is 7.03. The zero-order chi connectivity index (χ0) is 13.9. The van der Waals surface area contributed by atoms with Gasteiger partial charge in [-0.1, -0.05) is 34.9 Å². The Labute approximate surface area is 119 Å². The van der Waals surface area contributed by atoms with Crippen molar-refractivity contribution in [1.82, 2.24) is 15.1 Å². The fourth-order valence-electron chi connectivity index (χ4n) is 2.58. The van der Waals surface area contributed by atoms with Gasteiger partial charge < -0.3 is 9.73 Å². The van der Waals surface area contributed by atoms with E-state index < -0.39 is 0 Å². The number of benzene rings is 1. The van der Waals surface area contributed by atoms with Gasteiger partial charge in [0.15, 0.2) is 0 Å². The second-order valence-corrected chi connectivity index (χ2v) is 5.48. The molecule has 0 saturated carbocycles. The molecule has 0 radical (unpaired) electrons. The van der Waals surface area contributed by atoms with Crippen LogP contribution in [0.2, 0.25) is 0 Å². The predicted octanol–water partition coefficient (Wildman–Crippen LogP) is 2.37. The summed E-state index contributed by atoms with van der Waals surface area (Å²) < 4.78 is 5.36. The van der Waals surface area contributed by atoms with E-state index in [1.165, 1.54) is 11.1 Å². The van der Waals surface area contributed by atoms with Crippen molar-refractivity contribution in [3.8, 4) is 0 Å². The summed E-state index contributed by atoms with van der Waals surface area (Å²) in [6, 6.07) is 9.67. The minimum Gasteiger partial charge on any atom is -0.408 e. The average Bonchev–Trinajstić information content (AvgIpc) is 3.02. The number of rotatable bonds is 4. The van der Waals surface area contributed by atoms with E-state index in [1.807, 2.05) is 0 Å². The van der Waals surface area contributed by atoms with Crippen molar-refractivity contribution in [2.75, 3.05) is 18.4 Å². The molecule has 1 unspecified atom stereocenters. The summed E-state index contributed by atoms with van der Waals surface area (Å²) >= 11 is 0. The molecule has 1 aliphatic heterocycles. The van der Waals surface area contributed by atoms with Crippen LogP contribution in [-0.4, -0.2) is 34.2 Å². The molecule has 1 fully saturated rings. The van der Waals surface area contributed by atoms with Crippen LogP contribution < -0.4 is 5.32 Å². The average molecular weight is 272 g/mol. The van der Waals surface area contributed by atoms with Crippen LogP contribution in [0, 0.1) is 13.8 Å². The number of hydrogen-bond donors (Lipinski definition) is 1. The standard InChI is InChI=1S/C15H20N4O/c1-11-3-5-13(6-4-11)9-19-8-7-14(10-19)16-15-18-17-12(2)20-15/h3-6,14H,7-10H2,1-2H3,(H,16,18). The van der Waals surface area contributed by atoms with E-state index in [9.17, 15) is 0 Å². The monoisotopic (exact) mass is 272 g/mol. The maximum absolute atomic E-state index is 5.36. The molecule has 1 aromatic carbocycles. The first-order chi connectivity index (χ1) is 9.69. The molecule has 0 aliphatic carbocycles. The topological polar surface area (TPSA) is 54.2 Å². The van der Waals surface area contributed by atoms with E-state index >= 15 is 0 Å². The third-order valence-corrected chi connectivity index (χ3v) is 3.65. The number of hydrogen-bond acceptors (Lipinski definition) is 5. The molecule has 1 aliphatic rings. The Hall–Kier alpha value is -1.88. The van der Waals surface area contributed by atoms with Crippen LogP contribution in [0.3, 0.4) is 0 Å². The molecule has 0 amide bonds. The Kier molecular flexibility index (Phi) is 3.69. The van der Waals surface area contributed by atoms with Crippen LogP contribution in [0.25, 0.3) is 0 Å². The quantitative estimate of drug-likeness (QED) is 0.926. The molecule has 0 spiro atoms. The lowest BCUT2D eigenvalue weighted by Crippen LogP contribution is -2.26. The minimum absolute atomic E-state index is 0.389. The second kappa shape index (κ2) is 5.63. The fraction of sp³-hybridized carbons (Fsp3) is 0.467. The van der Waals surface area contributed by atoms with Crippen LogP contribution in [0.1, 0.15) is 23.4 Å². The summed E-state index contributed by atoms with van der Waals surface area (Å²) in [5.41, 5.74) is 2.67. The van der Waals surface area contributed by atoms with Crippen LogP contribution in [0.5, 0.6) is 0 Å². The van der Waals surface area contributed by atoms with Crippen LogP contribution in [-0.2, 0) is 6.54 Å². The first-order valence-electron chi connectivity index (χ1n) is 7.03. The number of nitrogens with one attached hydrogen (secondary N) is 1. The molecular formula is C15H20N4O. The van der Waals surface area contributed by atoms with Gasteiger partial charge in [0.2, 0.25) is 5.89 Å². The van der Waals surface area contributed by atoms with E-state index in [4.69, 9.17) is 4.42 Å². The summed E-state index contributed by atoms with van der Waals surface area (Å²) in [4.78, 5) is 2.45. The number of aromatic nitrogens is 2. The lowest BCUT2D eigenvalue weighted by atomic mass is 10.1. The minimum atomic E-state index is 0.389. The zero-order valence-corrected chi connectivity index (χ0v) is 12.0. The lowest BCUT2D eigenvalue weighted by molar-refractivity contribution is 0.328. The smallest absolute Gasteiger partial charge is 0.315 e. The Morgan fingerprint density at radius 1 is 1.25 bits per heavy atom. The van der Waals surface area contributed by atoms with Gasteiger partial charge in [-0.2, -0.15) is 0 Å². The van der Waals surface area contributed by atoms with Gasteiger partial charge in [-0.3, -0.25) is 4.90 Å². The number of nitrogens with zero attached hydrogens (tertiary/aromatic N) is 3. The van der Waals surface area contributed by atoms with Crippen molar-refractivity contribution in [2.45, 2.75) is 32.9 Å². The molecule has 5 heteroatoms. The van der Waals surface area contributed by atoms with Crippen molar-refractivity contribution >= 4 is 6.01 Å². The van der Waals surface area contributed by atoms with Crippen molar-refractivity contribution < 1.29 is 4.42 Å². The highest BCUT2D eigenvalue weighted by atomic mass is 16.4. The number of aryl methyl sites for hydroxylation is 2. The molecule has 20 heavy (non-hydrogen) atoms. The van der Waals surface area contributed by atoms with Gasteiger partial charge in [0, 0.05) is 32.6 Å². The summed E-state index contributed by atoms with van der Waals surface area (Å²) in [6.07, 6.45) is 1.10. The molecule has 5 nitrogen and oxygen atoms in total. The van der Waals surface area contributed by atoms with Gasteiger partial charge >= 0.3 is 6.01 Å². The molecule has 2 heterocycles. The maximum atomic E-state index is 5.36. The summed E-state index contributed by atoms with van der Waals surface area (Å²) in [7, 11) is 0. The van der Waals surface area contributed by atoms with Gasteiger partial charge in [-0.25, -0.2) is 0 Å². The second-order valence-electron chi connectivity index (χ2n) is 5.48. The Balaban J connectivity index is 1.53. The highest BCUT2D eigenvalue weighted by molar-refractivity contribution is 5.23. The van der Waals surface area contributed by atoms with Gasteiger partial charge in [0.25, 0.3) is 0 Å². The maximum Gasteiger partial charge on any atom is 0.315 e. The number of likely N-dealkylation sites (tertiary alicyclic amines) is 1. The molecule has 1 N–H and O–H groups in total. The normalized spacial score (nSPS) is 19.4. The largest absolute Gasteiger partial charge is 0.408 e. The SMILES string of the molecule is Cc1ccc(CN2CCC(Nc3nnc(C)o3)C2)cc1. The molecule has 1 saturated heterocycles. The molecule has 106 valence electrons. The summed E-state index contributed by atoms with van der Waals surface area (Å²) in [5.74, 6) is 0.599. The third kappa shape index (κ3) is 3.17. The summed E-state index contributed by atoms with van der Waals surface area (Å²) in [5, 5.41) is 11.1. The molecule has 1 aromatic heterocycles. The molecule has 2 aromatic rings. The van der Waals surface area contributed by atoms with Gasteiger partial charge in [0.05, 0.1) is 0 Å². The lowest BCUT2D eigenvalue weighted by Gasteiger charge is -2.16. The fourth-order valence-corrected chi connectivity index (χ4v) is 2.58. The third-order valence-electron chi connectivity index (χ3n) is 3.65. The highest BCUT2D eigenvalue weighted by Crippen LogP contribution is 2.17. The Morgan fingerprint density at radius 3 is 2.75 bits per heavy atom. The van der Waals surface area contributed by atoms with Crippen molar-refractivity contribution in [3.63, 3.8) is 0 Å². The van der Waals surface area contributed by atoms with Crippen molar-refractivity contribution in [3.05, 3.63) is 41.3 Å². The van der Waals surface area contributed by atoms with Crippen LogP contribution >= 0.6 is 0 Å². The van der Waals surface area contributed by atoms with Crippen molar-refractivity contribution in [1.29, 1.82) is 0 Å². The summed E-state index contributed by atoms with van der Waals surface area (Å²) in [6.45, 7) is 7.03. The van der Waals surface area contributed by atoms with E-state index in [0.29, 0.717) is 17.9 Å². The Bertz CT molecular complexity index is 564. The molecule has 3 rings (SSSR count). The molecular weight excluding hydrogens is 252 g/mol. The van der Waals surface area contributed by atoms with Crippen LogP contribution in [0.4, 0.5) is 6.01 Å². The van der Waals surface area contributed by atoms with E-state index in [1.54, 1.807) is 6.92 Å². The zero-order valence-electron chi connectivity index (χ0n) is 12.0. The van der Waals surface area contributed by atoms with Gasteiger partial charge in [0.1, 0.15) is 0 Å². The van der Waals surface area contributed by atoms with Gasteiger partial charge in [-0.15, -0.1) is 5.10 Å². The van der Waals surface area contributed by atoms with E-state index in [-0.39, 0.29) is 0 Å². The first kappa shape index (κ1) is 13.1. The van der Waals surface area contributed by atoms with Crippen LogP contribution in [0.15, 0.2) is 28.7 Å². The van der Waals surface area contributed by atoms with Crippen molar-refractivity contribution in [2.24, 2.45) is 0 Å². The highest BCUT2D eigenvalue weighted by Gasteiger charge is 2.23. The Morgan fingerprint density at radius 2 is 2.05 bits per heavy atom. The molecule has 0 bridgehead atoms.